The molecule has 0 spiro atoms. The lowest BCUT2D eigenvalue weighted by atomic mass is 10.1. The van der Waals surface area contributed by atoms with E-state index >= 15 is 0 Å². The zero-order chi connectivity index (χ0) is 17.3. The molecule has 1 atom stereocenters. The van der Waals surface area contributed by atoms with Crippen LogP contribution in [-0.4, -0.2) is 15.9 Å². The van der Waals surface area contributed by atoms with Gasteiger partial charge >= 0.3 is 0 Å². The summed E-state index contributed by atoms with van der Waals surface area (Å²) in [4.78, 5) is 18.6. The van der Waals surface area contributed by atoms with Crippen LogP contribution in [-0.2, 0) is 0 Å². The minimum atomic E-state index is -0.150. The van der Waals surface area contributed by atoms with Crippen LogP contribution in [0.2, 0.25) is 0 Å². The van der Waals surface area contributed by atoms with Crippen molar-refractivity contribution in [1.82, 2.24) is 9.66 Å². The normalized spacial score (nSPS) is 13.0. The van der Waals surface area contributed by atoms with Crippen molar-refractivity contribution in [2.45, 2.75) is 26.2 Å². The fourth-order valence-corrected chi connectivity index (χ4v) is 3.95. The highest BCUT2D eigenvalue weighted by molar-refractivity contribution is 9.10. The Morgan fingerprint density at radius 3 is 2.79 bits per heavy atom. The van der Waals surface area contributed by atoms with Crippen molar-refractivity contribution in [2.75, 3.05) is 0 Å². The standard InChI is InChI=1S/C17H15Br2N3OS/c1-3-10(2)16-21-15-5-4-11(18)7-14(15)17(23)22(16)20-8-13-6-12(19)9-24-13/h4-10H,3H2,1-2H3/t10-/m0/s1. The first kappa shape index (κ1) is 17.5. The van der Waals surface area contributed by atoms with Crippen LogP contribution in [0.15, 0.2) is 48.5 Å². The van der Waals surface area contributed by atoms with E-state index in [9.17, 15) is 4.79 Å². The highest BCUT2D eigenvalue weighted by atomic mass is 79.9. The number of halogens is 2. The molecule has 24 heavy (non-hydrogen) atoms. The first-order valence-corrected chi connectivity index (χ1v) is 9.96. The predicted molar refractivity (Wildman–Crippen MR) is 107 cm³/mol. The third-order valence-corrected chi connectivity index (χ3v) is 5.90. The Kier molecular flexibility index (Phi) is 5.32. The second-order valence-corrected chi connectivity index (χ2v) is 8.24. The Morgan fingerprint density at radius 2 is 2.12 bits per heavy atom. The van der Waals surface area contributed by atoms with E-state index < -0.39 is 0 Å². The quantitative estimate of drug-likeness (QED) is 0.482. The fraction of sp³-hybridized carbons (Fsp3) is 0.235. The maximum Gasteiger partial charge on any atom is 0.282 e. The van der Waals surface area contributed by atoms with Gasteiger partial charge in [-0.15, -0.1) is 11.3 Å². The molecule has 0 bridgehead atoms. The molecule has 0 aliphatic heterocycles. The molecule has 3 aromatic rings. The van der Waals surface area contributed by atoms with Crippen molar-refractivity contribution in [2.24, 2.45) is 5.10 Å². The van der Waals surface area contributed by atoms with Crippen molar-refractivity contribution >= 4 is 60.3 Å². The summed E-state index contributed by atoms with van der Waals surface area (Å²) in [6.07, 6.45) is 2.59. The average Bonchev–Trinajstić information content (AvgIpc) is 2.99. The van der Waals surface area contributed by atoms with Gasteiger partial charge in [-0.1, -0.05) is 29.8 Å². The average molecular weight is 469 g/mol. The molecule has 4 nitrogen and oxygen atoms in total. The molecular weight excluding hydrogens is 454 g/mol. The van der Waals surface area contributed by atoms with Gasteiger partial charge < -0.3 is 0 Å². The zero-order valence-electron chi connectivity index (χ0n) is 13.2. The van der Waals surface area contributed by atoms with Crippen LogP contribution >= 0.6 is 43.2 Å². The van der Waals surface area contributed by atoms with Crippen LogP contribution in [0.1, 0.15) is 36.9 Å². The molecule has 0 N–H and O–H groups in total. The smallest absolute Gasteiger partial charge is 0.267 e. The zero-order valence-corrected chi connectivity index (χ0v) is 17.2. The van der Waals surface area contributed by atoms with Crippen LogP contribution in [0.4, 0.5) is 0 Å². The van der Waals surface area contributed by atoms with Crippen molar-refractivity contribution in [1.29, 1.82) is 0 Å². The highest BCUT2D eigenvalue weighted by Gasteiger charge is 2.15. The van der Waals surface area contributed by atoms with Crippen LogP contribution in [0.5, 0.6) is 0 Å². The lowest BCUT2D eigenvalue weighted by molar-refractivity contribution is 0.613. The Morgan fingerprint density at radius 1 is 1.33 bits per heavy atom. The Hall–Kier alpha value is -1.31. The van der Waals surface area contributed by atoms with E-state index in [2.05, 4.69) is 55.8 Å². The van der Waals surface area contributed by atoms with Crippen LogP contribution in [0.3, 0.4) is 0 Å². The van der Waals surface area contributed by atoms with Crippen LogP contribution < -0.4 is 5.56 Å². The van der Waals surface area contributed by atoms with Gasteiger partial charge in [0.05, 0.1) is 17.1 Å². The molecule has 2 aromatic heterocycles. The Balaban J connectivity index is 2.20. The van der Waals surface area contributed by atoms with E-state index in [4.69, 9.17) is 0 Å². The maximum atomic E-state index is 12.9. The van der Waals surface area contributed by atoms with Gasteiger partial charge in [-0.25, -0.2) is 4.98 Å². The summed E-state index contributed by atoms with van der Waals surface area (Å²) < 4.78 is 3.28. The summed E-state index contributed by atoms with van der Waals surface area (Å²) in [5, 5.41) is 6.97. The molecule has 0 unspecified atom stereocenters. The number of thiophene rings is 1. The third kappa shape index (κ3) is 3.53. The second-order valence-electron chi connectivity index (χ2n) is 5.47. The molecule has 0 aliphatic carbocycles. The summed E-state index contributed by atoms with van der Waals surface area (Å²) in [6, 6.07) is 7.51. The molecule has 1 aromatic carbocycles. The minimum Gasteiger partial charge on any atom is -0.267 e. The lowest BCUT2D eigenvalue weighted by Gasteiger charge is -2.13. The number of hydrogen-bond donors (Lipinski definition) is 0. The number of aromatic nitrogens is 2. The molecular formula is C17H15Br2N3OS. The minimum absolute atomic E-state index is 0.137. The van der Waals surface area contributed by atoms with Crippen molar-refractivity contribution in [3.63, 3.8) is 0 Å². The topological polar surface area (TPSA) is 47.2 Å². The molecule has 0 amide bonds. The molecule has 0 saturated heterocycles. The molecule has 124 valence electrons. The molecule has 2 heterocycles. The van der Waals surface area contributed by atoms with Crippen molar-refractivity contribution in [3.8, 4) is 0 Å². The fourth-order valence-electron chi connectivity index (χ4n) is 2.29. The number of benzene rings is 1. The summed E-state index contributed by atoms with van der Waals surface area (Å²) in [7, 11) is 0. The summed E-state index contributed by atoms with van der Waals surface area (Å²) in [5.74, 6) is 0.821. The number of hydrogen-bond acceptors (Lipinski definition) is 4. The van der Waals surface area contributed by atoms with E-state index in [-0.39, 0.29) is 11.5 Å². The Bertz CT molecular complexity index is 978. The van der Waals surface area contributed by atoms with Gasteiger partial charge in [0.2, 0.25) is 0 Å². The highest BCUT2D eigenvalue weighted by Crippen LogP contribution is 2.21. The largest absolute Gasteiger partial charge is 0.282 e. The maximum absolute atomic E-state index is 12.9. The van der Waals surface area contributed by atoms with Crippen LogP contribution in [0, 0.1) is 0 Å². The van der Waals surface area contributed by atoms with Gasteiger partial charge in [0, 0.05) is 25.1 Å². The molecule has 3 rings (SSSR count). The van der Waals surface area contributed by atoms with Gasteiger partial charge in [0.1, 0.15) is 5.82 Å². The lowest BCUT2D eigenvalue weighted by Crippen LogP contribution is -2.23. The van der Waals surface area contributed by atoms with Crippen molar-refractivity contribution in [3.05, 3.63) is 59.6 Å². The molecule has 0 radical (unpaired) electrons. The summed E-state index contributed by atoms with van der Waals surface area (Å²) >= 11 is 8.40. The second kappa shape index (κ2) is 7.29. The first-order valence-electron chi connectivity index (χ1n) is 7.50. The van der Waals surface area contributed by atoms with E-state index in [0.29, 0.717) is 16.7 Å². The third-order valence-electron chi connectivity index (χ3n) is 3.77. The molecule has 7 heteroatoms. The predicted octanol–water partition coefficient (Wildman–Crippen LogP) is 5.38. The van der Waals surface area contributed by atoms with Gasteiger partial charge in [-0.05, 0) is 46.6 Å². The van der Waals surface area contributed by atoms with Crippen LogP contribution in [0.25, 0.3) is 10.9 Å². The van der Waals surface area contributed by atoms with E-state index in [1.807, 2.05) is 23.6 Å². The summed E-state index contributed by atoms with van der Waals surface area (Å²) in [5.41, 5.74) is 0.548. The van der Waals surface area contributed by atoms with Gasteiger partial charge in [-0.3, -0.25) is 4.79 Å². The first-order chi connectivity index (χ1) is 11.5. The van der Waals surface area contributed by atoms with Crippen molar-refractivity contribution < 1.29 is 0 Å². The van der Waals surface area contributed by atoms with Gasteiger partial charge in [0.15, 0.2) is 0 Å². The molecule has 0 fully saturated rings. The van der Waals surface area contributed by atoms with E-state index in [1.165, 1.54) is 4.68 Å². The number of nitrogens with zero attached hydrogens (tertiary/aromatic N) is 3. The SMILES string of the molecule is CC[C@H](C)c1nc2ccc(Br)cc2c(=O)n1N=Cc1cc(Br)cs1. The van der Waals surface area contributed by atoms with E-state index in [0.717, 1.165) is 20.2 Å². The number of fused-ring (bicyclic) bond motifs is 1. The molecule has 0 aliphatic rings. The molecule has 0 saturated carbocycles. The van der Waals surface area contributed by atoms with E-state index in [1.54, 1.807) is 23.6 Å². The van der Waals surface area contributed by atoms with Gasteiger partial charge in [0.25, 0.3) is 5.56 Å². The van der Waals surface area contributed by atoms with Gasteiger partial charge in [-0.2, -0.15) is 9.78 Å². The number of rotatable bonds is 4. The summed E-state index contributed by atoms with van der Waals surface area (Å²) in [6.45, 7) is 4.13. The monoisotopic (exact) mass is 467 g/mol. The Labute approximate surface area is 160 Å².